The van der Waals surface area contributed by atoms with Gasteiger partial charge in [0.2, 0.25) is 0 Å². The third-order valence-electron chi connectivity index (χ3n) is 2.36. The molecular weight excluding hydrogens is 216 g/mol. The number of rotatable bonds is 9. The lowest BCUT2D eigenvalue weighted by molar-refractivity contribution is 0.0509. The van der Waals surface area contributed by atoms with Gasteiger partial charge in [-0.05, 0) is 13.3 Å². The van der Waals surface area contributed by atoms with Gasteiger partial charge < -0.3 is 9.47 Å². The summed E-state index contributed by atoms with van der Waals surface area (Å²) in [6.45, 7) is 4.52. The van der Waals surface area contributed by atoms with Crippen LogP contribution in [0.25, 0.3) is 0 Å². The molecule has 0 aromatic heterocycles. The molecule has 1 aromatic rings. The van der Waals surface area contributed by atoms with Crippen molar-refractivity contribution < 1.29 is 14.3 Å². The van der Waals surface area contributed by atoms with Gasteiger partial charge in [0, 0.05) is 25.2 Å². The fourth-order valence-electron chi connectivity index (χ4n) is 1.47. The SMILES string of the molecule is CCOCCOCCCC(=O)c1ccccc1. The molecule has 0 bridgehead atoms. The van der Waals surface area contributed by atoms with Crippen molar-refractivity contribution in [1.82, 2.24) is 0 Å². The van der Waals surface area contributed by atoms with E-state index in [-0.39, 0.29) is 5.78 Å². The van der Waals surface area contributed by atoms with E-state index < -0.39 is 0 Å². The van der Waals surface area contributed by atoms with Crippen molar-refractivity contribution in [3.05, 3.63) is 35.9 Å². The van der Waals surface area contributed by atoms with Crippen LogP contribution in [-0.4, -0.2) is 32.2 Å². The minimum Gasteiger partial charge on any atom is -0.379 e. The first-order valence-electron chi connectivity index (χ1n) is 6.08. The van der Waals surface area contributed by atoms with E-state index in [1.54, 1.807) is 0 Å². The summed E-state index contributed by atoms with van der Waals surface area (Å²) in [6.07, 6.45) is 1.30. The van der Waals surface area contributed by atoms with E-state index in [9.17, 15) is 4.79 Å². The number of hydrogen-bond acceptors (Lipinski definition) is 3. The van der Waals surface area contributed by atoms with Crippen molar-refractivity contribution in [2.24, 2.45) is 0 Å². The minimum absolute atomic E-state index is 0.180. The maximum Gasteiger partial charge on any atom is 0.162 e. The van der Waals surface area contributed by atoms with Gasteiger partial charge in [0.05, 0.1) is 13.2 Å². The fourth-order valence-corrected chi connectivity index (χ4v) is 1.47. The molecule has 0 spiro atoms. The fraction of sp³-hybridized carbons (Fsp3) is 0.500. The Kier molecular flexibility index (Phi) is 7.27. The number of ketones is 1. The Morgan fingerprint density at radius 1 is 1.06 bits per heavy atom. The number of Topliss-reactive ketones (excluding diaryl/α,β-unsaturated/α-hetero) is 1. The Morgan fingerprint density at radius 2 is 1.76 bits per heavy atom. The Bertz CT molecular complexity index is 309. The molecule has 3 heteroatoms. The lowest BCUT2D eigenvalue weighted by atomic mass is 10.1. The van der Waals surface area contributed by atoms with Crippen LogP contribution in [-0.2, 0) is 9.47 Å². The highest BCUT2D eigenvalue weighted by atomic mass is 16.5. The highest BCUT2D eigenvalue weighted by molar-refractivity contribution is 5.95. The summed E-state index contributed by atoms with van der Waals surface area (Å²) in [5, 5.41) is 0. The van der Waals surface area contributed by atoms with Gasteiger partial charge in [-0.15, -0.1) is 0 Å². The molecular formula is C14H20O3. The predicted molar refractivity (Wildman–Crippen MR) is 67.3 cm³/mol. The molecule has 0 aliphatic carbocycles. The number of hydrogen-bond donors (Lipinski definition) is 0. The molecule has 1 aromatic carbocycles. The molecule has 0 aliphatic heterocycles. The van der Waals surface area contributed by atoms with Crippen molar-refractivity contribution in [1.29, 1.82) is 0 Å². The number of benzene rings is 1. The summed E-state index contributed by atoms with van der Waals surface area (Å²) >= 11 is 0. The molecule has 0 fully saturated rings. The van der Waals surface area contributed by atoms with Crippen LogP contribution in [0.1, 0.15) is 30.1 Å². The van der Waals surface area contributed by atoms with E-state index in [0.717, 1.165) is 18.6 Å². The average molecular weight is 236 g/mol. The maximum absolute atomic E-state index is 11.7. The summed E-state index contributed by atoms with van der Waals surface area (Å²) in [5.74, 6) is 0.180. The molecule has 1 rings (SSSR count). The largest absolute Gasteiger partial charge is 0.379 e. The van der Waals surface area contributed by atoms with Crippen LogP contribution in [0.4, 0.5) is 0 Å². The lowest BCUT2D eigenvalue weighted by Gasteiger charge is -2.04. The Morgan fingerprint density at radius 3 is 2.47 bits per heavy atom. The molecule has 0 amide bonds. The third-order valence-corrected chi connectivity index (χ3v) is 2.36. The zero-order valence-electron chi connectivity index (χ0n) is 10.4. The molecule has 0 saturated carbocycles. The molecule has 0 heterocycles. The van der Waals surface area contributed by atoms with E-state index >= 15 is 0 Å². The summed E-state index contributed by atoms with van der Waals surface area (Å²) in [4.78, 5) is 11.7. The normalized spacial score (nSPS) is 10.4. The lowest BCUT2D eigenvalue weighted by Crippen LogP contribution is -2.06. The maximum atomic E-state index is 11.7. The molecule has 0 saturated heterocycles. The molecule has 0 radical (unpaired) electrons. The van der Waals surface area contributed by atoms with Crippen LogP contribution in [0.5, 0.6) is 0 Å². The first kappa shape index (κ1) is 13.9. The summed E-state index contributed by atoms with van der Waals surface area (Å²) in [7, 11) is 0. The molecule has 94 valence electrons. The second-order valence-corrected chi connectivity index (χ2v) is 3.70. The smallest absolute Gasteiger partial charge is 0.162 e. The van der Waals surface area contributed by atoms with Crippen LogP contribution < -0.4 is 0 Å². The van der Waals surface area contributed by atoms with Crippen molar-refractivity contribution >= 4 is 5.78 Å². The van der Waals surface area contributed by atoms with Crippen LogP contribution in [0.3, 0.4) is 0 Å². The highest BCUT2D eigenvalue weighted by Crippen LogP contribution is 2.04. The van der Waals surface area contributed by atoms with Gasteiger partial charge in [-0.25, -0.2) is 0 Å². The predicted octanol–water partition coefficient (Wildman–Crippen LogP) is 2.70. The highest BCUT2D eigenvalue weighted by Gasteiger charge is 2.03. The number of carbonyl (C=O) groups is 1. The number of carbonyl (C=O) groups excluding carboxylic acids is 1. The van der Waals surface area contributed by atoms with Gasteiger partial charge in [0.15, 0.2) is 5.78 Å². The molecule has 0 atom stereocenters. The van der Waals surface area contributed by atoms with Crippen molar-refractivity contribution in [2.75, 3.05) is 26.4 Å². The van der Waals surface area contributed by atoms with E-state index in [1.165, 1.54) is 0 Å². The van der Waals surface area contributed by atoms with Crippen LogP contribution in [0.15, 0.2) is 30.3 Å². The van der Waals surface area contributed by atoms with Crippen LogP contribution in [0, 0.1) is 0 Å². The summed E-state index contributed by atoms with van der Waals surface area (Å²) in [5.41, 5.74) is 0.779. The monoisotopic (exact) mass is 236 g/mol. The van der Waals surface area contributed by atoms with Gasteiger partial charge >= 0.3 is 0 Å². The second kappa shape index (κ2) is 8.90. The van der Waals surface area contributed by atoms with Gasteiger partial charge in [-0.1, -0.05) is 30.3 Å². The summed E-state index contributed by atoms with van der Waals surface area (Å²) < 4.78 is 10.5. The van der Waals surface area contributed by atoms with Crippen molar-refractivity contribution in [2.45, 2.75) is 19.8 Å². The van der Waals surface area contributed by atoms with Gasteiger partial charge in [-0.3, -0.25) is 4.79 Å². The van der Waals surface area contributed by atoms with E-state index in [4.69, 9.17) is 9.47 Å². The topological polar surface area (TPSA) is 35.5 Å². The van der Waals surface area contributed by atoms with Crippen LogP contribution in [0.2, 0.25) is 0 Å². The Labute approximate surface area is 103 Å². The van der Waals surface area contributed by atoms with E-state index in [1.807, 2.05) is 37.3 Å². The zero-order chi connectivity index (χ0) is 12.3. The zero-order valence-corrected chi connectivity index (χ0v) is 10.4. The molecule has 0 aliphatic rings. The van der Waals surface area contributed by atoms with Gasteiger partial charge in [0.25, 0.3) is 0 Å². The van der Waals surface area contributed by atoms with Gasteiger partial charge in [-0.2, -0.15) is 0 Å². The minimum atomic E-state index is 0.180. The average Bonchev–Trinajstić information content (AvgIpc) is 2.38. The van der Waals surface area contributed by atoms with Gasteiger partial charge in [0.1, 0.15) is 0 Å². The third kappa shape index (κ3) is 6.19. The molecule has 0 unspecified atom stereocenters. The van der Waals surface area contributed by atoms with Crippen LogP contribution >= 0.6 is 0 Å². The standard InChI is InChI=1S/C14H20O3/c1-2-16-11-12-17-10-6-9-14(15)13-7-4-3-5-8-13/h3-5,7-8H,2,6,9-12H2,1H3. The molecule has 3 nitrogen and oxygen atoms in total. The first-order valence-corrected chi connectivity index (χ1v) is 6.08. The summed E-state index contributed by atoms with van der Waals surface area (Å²) in [6, 6.07) is 9.36. The molecule has 0 N–H and O–H groups in total. The quantitative estimate of drug-likeness (QED) is 0.488. The first-order chi connectivity index (χ1) is 8.34. The van der Waals surface area contributed by atoms with E-state index in [0.29, 0.717) is 26.2 Å². The number of ether oxygens (including phenoxy) is 2. The van der Waals surface area contributed by atoms with Crippen molar-refractivity contribution in [3.8, 4) is 0 Å². The molecule has 17 heavy (non-hydrogen) atoms. The Hall–Kier alpha value is -1.19. The van der Waals surface area contributed by atoms with E-state index in [2.05, 4.69) is 0 Å². The second-order valence-electron chi connectivity index (χ2n) is 3.70. The Balaban J connectivity index is 2.05. The van der Waals surface area contributed by atoms with Crippen molar-refractivity contribution in [3.63, 3.8) is 0 Å².